The van der Waals surface area contributed by atoms with Gasteiger partial charge in [0.05, 0.1) is 11.3 Å². The first-order chi connectivity index (χ1) is 13.4. The number of hydrogen-bond donors (Lipinski definition) is 1. The van der Waals surface area contributed by atoms with Crippen LogP contribution in [0.25, 0.3) is 11.5 Å². The fraction of sp³-hybridized carbons (Fsp3) is 0.167. The van der Waals surface area contributed by atoms with E-state index in [1.165, 1.54) is 12.1 Å². The highest BCUT2D eigenvalue weighted by Crippen LogP contribution is 2.32. The van der Waals surface area contributed by atoms with Crippen molar-refractivity contribution in [2.45, 2.75) is 11.3 Å². The summed E-state index contributed by atoms with van der Waals surface area (Å²) < 4.78 is 39.0. The number of carbonyl (C=O) groups is 1. The first-order valence-electron chi connectivity index (χ1n) is 8.21. The maximum absolute atomic E-state index is 12.2. The van der Waals surface area contributed by atoms with Gasteiger partial charge in [-0.05, 0) is 42.0 Å². The molecule has 0 radical (unpaired) electrons. The molecule has 1 amide bonds. The van der Waals surface area contributed by atoms with Gasteiger partial charge in [-0.15, -0.1) is 5.10 Å². The highest BCUT2D eigenvalue weighted by Gasteiger charge is 2.16. The lowest BCUT2D eigenvalue weighted by molar-refractivity contribution is -0.115. The van der Waals surface area contributed by atoms with Crippen LogP contribution in [0.4, 0.5) is 6.01 Å². The van der Waals surface area contributed by atoms with E-state index in [-0.39, 0.29) is 35.9 Å². The van der Waals surface area contributed by atoms with E-state index in [4.69, 9.17) is 13.9 Å². The molecule has 1 aliphatic heterocycles. The lowest BCUT2D eigenvalue weighted by atomic mass is 10.1. The van der Waals surface area contributed by atoms with Gasteiger partial charge in [0.15, 0.2) is 21.3 Å². The van der Waals surface area contributed by atoms with E-state index in [9.17, 15) is 13.2 Å². The number of nitrogens with one attached hydrogen (secondary N) is 1. The van der Waals surface area contributed by atoms with Crippen LogP contribution in [0, 0.1) is 0 Å². The number of ether oxygens (including phenoxy) is 2. The molecule has 10 heteroatoms. The first kappa shape index (κ1) is 18.0. The molecule has 0 bridgehead atoms. The second-order valence-corrected chi connectivity index (χ2v) is 8.14. The van der Waals surface area contributed by atoms with Crippen molar-refractivity contribution in [1.82, 2.24) is 10.2 Å². The predicted octanol–water partition coefficient (Wildman–Crippen LogP) is 2.05. The van der Waals surface area contributed by atoms with Crippen LogP contribution in [-0.2, 0) is 21.1 Å². The fourth-order valence-corrected chi connectivity index (χ4v) is 3.27. The Labute approximate surface area is 160 Å². The molecule has 9 nitrogen and oxygen atoms in total. The largest absolute Gasteiger partial charge is 0.454 e. The summed E-state index contributed by atoms with van der Waals surface area (Å²) in [5, 5.41) is 10.2. The zero-order valence-corrected chi connectivity index (χ0v) is 15.5. The van der Waals surface area contributed by atoms with Crippen molar-refractivity contribution >= 4 is 21.8 Å². The van der Waals surface area contributed by atoms with Crippen molar-refractivity contribution in [3.63, 3.8) is 0 Å². The molecule has 144 valence electrons. The average Bonchev–Trinajstić information content (AvgIpc) is 3.30. The predicted molar refractivity (Wildman–Crippen MR) is 97.7 cm³/mol. The molecule has 2 heterocycles. The molecule has 2 aromatic carbocycles. The second-order valence-electron chi connectivity index (χ2n) is 6.12. The third-order valence-electron chi connectivity index (χ3n) is 4.00. The minimum absolute atomic E-state index is 0.0482. The van der Waals surface area contributed by atoms with Crippen LogP contribution in [0.2, 0.25) is 0 Å². The minimum atomic E-state index is -3.29. The van der Waals surface area contributed by atoms with Crippen LogP contribution in [0.15, 0.2) is 51.8 Å². The van der Waals surface area contributed by atoms with E-state index in [0.717, 1.165) is 11.8 Å². The Kier molecular flexibility index (Phi) is 4.47. The molecule has 0 fully saturated rings. The fourth-order valence-electron chi connectivity index (χ4n) is 2.63. The number of amides is 1. The summed E-state index contributed by atoms with van der Waals surface area (Å²) >= 11 is 0. The third-order valence-corrected chi connectivity index (χ3v) is 5.13. The molecular weight excluding hydrogens is 386 g/mol. The van der Waals surface area contributed by atoms with E-state index in [0.29, 0.717) is 17.1 Å². The molecule has 0 spiro atoms. The van der Waals surface area contributed by atoms with Crippen molar-refractivity contribution in [1.29, 1.82) is 0 Å². The van der Waals surface area contributed by atoms with Gasteiger partial charge in [0.2, 0.25) is 18.6 Å². The van der Waals surface area contributed by atoms with Crippen LogP contribution in [0.5, 0.6) is 11.5 Å². The summed E-state index contributed by atoms with van der Waals surface area (Å²) in [4.78, 5) is 12.4. The Balaban J connectivity index is 1.42. The zero-order chi connectivity index (χ0) is 19.7. The van der Waals surface area contributed by atoms with Crippen LogP contribution in [-0.4, -0.2) is 37.6 Å². The first-order valence-corrected chi connectivity index (χ1v) is 10.1. The lowest BCUT2D eigenvalue weighted by Gasteiger charge is -2.03. The molecule has 1 aliphatic rings. The van der Waals surface area contributed by atoms with Crippen molar-refractivity contribution in [3.05, 3.63) is 48.0 Å². The van der Waals surface area contributed by atoms with E-state index in [1.807, 2.05) is 0 Å². The highest BCUT2D eigenvalue weighted by atomic mass is 32.2. The van der Waals surface area contributed by atoms with Crippen molar-refractivity contribution < 1.29 is 27.1 Å². The van der Waals surface area contributed by atoms with E-state index >= 15 is 0 Å². The van der Waals surface area contributed by atoms with Gasteiger partial charge < -0.3 is 13.9 Å². The molecule has 0 unspecified atom stereocenters. The second kappa shape index (κ2) is 6.97. The van der Waals surface area contributed by atoms with E-state index in [1.54, 1.807) is 30.3 Å². The molecule has 3 aromatic rings. The smallest absolute Gasteiger partial charge is 0.322 e. The number of carbonyl (C=O) groups excluding carboxylic acids is 1. The van der Waals surface area contributed by atoms with Gasteiger partial charge in [0.1, 0.15) is 0 Å². The molecule has 1 N–H and O–H groups in total. The summed E-state index contributed by atoms with van der Waals surface area (Å²) in [5.41, 5.74) is 1.29. The summed E-state index contributed by atoms with van der Waals surface area (Å²) in [6, 6.07) is 11.2. The number of sulfone groups is 1. The highest BCUT2D eigenvalue weighted by molar-refractivity contribution is 7.90. The normalized spacial score (nSPS) is 12.8. The minimum Gasteiger partial charge on any atom is -0.454 e. The van der Waals surface area contributed by atoms with E-state index in [2.05, 4.69) is 15.5 Å². The van der Waals surface area contributed by atoms with Gasteiger partial charge in [-0.25, -0.2) is 8.42 Å². The van der Waals surface area contributed by atoms with Gasteiger partial charge in [-0.2, -0.15) is 0 Å². The van der Waals surface area contributed by atoms with Crippen molar-refractivity contribution in [2.24, 2.45) is 0 Å². The van der Waals surface area contributed by atoms with Gasteiger partial charge >= 0.3 is 6.01 Å². The zero-order valence-electron chi connectivity index (χ0n) is 14.7. The molecule has 4 rings (SSSR count). The van der Waals surface area contributed by atoms with Gasteiger partial charge in [-0.1, -0.05) is 11.2 Å². The summed E-state index contributed by atoms with van der Waals surface area (Å²) in [5.74, 6) is 1.08. The van der Waals surface area contributed by atoms with Gasteiger partial charge in [0, 0.05) is 11.8 Å². The van der Waals surface area contributed by atoms with Crippen LogP contribution < -0.4 is 14.8 Å². The Morgan fingerprint density at radius 1 is 1.07 bits per heavy atom. The van der Waals surface area contributed by atoms with Crippen molar-refractivity contribution in [2.75, 3.05) is 18.4 Å². The number of rotatable bonds is 5. The standard InChI is InChI=1S/C18H15N3O6S/c1-28(23,24)13-5-3-12(4-6-13)17-20-21-18(27-17)19-16(22)9-11-2-7-14-15(8-11)26-10-25-14/h2-8H,9-10H2,1H3,(H,19,21,22). The topological polar surface area (TPSA) is 121 Å². The maximum atomic E-state index is 12.2. The Morgan fingerprint density at radius 3 is 2.57 bits per heavy atom. The van der Waals surface area contributed by atoms with Crippen LogP contribution in [0.3, 0.4) is 0 Å². The maximum Gasteiger partial charge on any atom is 0.322 e. The Morgan fingerprint density at radius 2 is 1.82 bits per heavy atom. The summed E-state index contributed by atoms with van der Waals surface area (Å²) in [6.45, 7) is 0.168. The number of fused-ring (bicyclic) bond motifs is 1. The average molecular weight is 401 g/mol. The molecule has 28 heavy (non-hydrogen) atoms. The number of hydrogen-bond acceptors (Lipinski definition) is 8. The van der Waals surface area contributed by atoms with Gasteiger partial charge in [-0.3, -0.25) is 10.1 Å². The molecular formula is C18H15N3O6S. The van der Waals surface area contributed by atoms with E-state index < -0.39 is 9.84 Å². The quantitative estimate of drug-likeness (QED) is 0.690. The number of aromatic nitrogens is 2. The molecule has 0 saturated heterocycles. The summed E-state index contributed by atoms with van der Waals surface area (Å²) in [7, 11) is -3.29. The molecule has 0 aliphatic carbocycles. The Hall–Kier alpha value is -3.40. The lowest BCUT2D eigenvalue weighted by Crippen LogP contribution is -2.14. The molecule has 1 aromatic heterocycles. The van der Waals surface area contributed by atoms with Gasteiger partial charge in [0.25, 0.3) is 0 Å². The molecule has 0 saturated carbocycles. The summed E-state index contributed by atoms with van der Waals surface area (Å²) in [6.07, 6.45) is 1.22. The number of nitrogens with zero attached hydrogens (tertiary/aromatic N) is 2. The van der Waals surface area contributed by atoms with Crippen LogP contribution >= 0.6 is 0 Å². The number of benzene rings is 2. The Bertz CT molecular complexity index is 1140. The third kappa shape index (κ3) is 3.81. The monoisotopic (exact) mass is 401 g/mol. The SMILES string of the molecule is CS(=O)(=O)c1ccc(-c2nnc(NC(=O)Cc3ccc4c(c3)OCO4)o2)cc1. The van der Waals surface area contributed by atoms with Crippen LogP contribution in [0.1, 0.15) is 5.56 Å². The number of anilines is 1. The van der Waals surface area contributed by atoms with Crippen molar-refractivity contribution in [3.8, 4) is 23.0 Å². The molecule has 0 atom stereocenters.